The van der Waals surface area contributed by atoms with Gasteiger partial charge in [-0.15, -0.1) is 0 Å². The zero-order chi connectivity index (χ0) is 36.3. The summed E-state index contributed by atoms with van der Waals surface area (Å²) in [6.45, 7) is 21.3. The zero-order valence-corrected chi connectivity index (χ0v) is 32.5. The van der Waals surface area contributed by atoms with Gasteiger partial charge in [0.25, 0.3) is 0 Å². The number of amides is 1. The van der Waals surface area contributed by atoms with Crippen LogP contribution in [-0.2, 0) is 9.39 Å². The molecule has 0 saturated heterocycles. The molecule has 3 aromatic rings. The number of carbonyl (C=O) groups is 1. The molecular weight excluding hydrogens is 623 g/mol. The summed E-state index contributed by atoms with van der Waals surface area (Å²) in [4.78, 5) is 16.8. The van der Waals surface area contributed by atoms with E-state index in [1.165, 1.54) is 22.1 Å². The van der Waals surface area contributed by atoms with Crippen molar-refractivity contribution in [3.63, 3.8) is 0 Å². The highest BCUT2D eigenvalue weighted by molar-refractivity contribution is 6.67. The predicted molar refractivity (Wildman–Crippen MR) is 206 cm³/mol. The molecule has 0 spiro atoms. The molecule has 2 aliphatic heterocycles. The number of carbonyl (C=O) groups excluding carboxylic acids is 1. The van der Waals surface area contributed by atoms with Gasteiger partial charge in [0.2, 0.25) is 0 Å². The van der Waals surface area contributed by atoms with Crippen molar-refractivity contribution >= 4 is 35.1 Å². The third-order valence-corrected chi connectivity index (χ3v) is 11.5. The second-order valence-corrected chi connectivity index (χ2v) is 17.4. The minimum atomic E-state index is -0.496. The smallest absolute Gasteiger partial charge is 0.410 e. The van der Waals surface area contributed by atoms with Gasteiger partial charge in [0.05, 0.1) is 28.7 Å². The van der Waals surface area contributed by atoms with Crippen molar-refractivity contribution in [3.8, 4) is 17.0 Å². The quantitative estimate of drug-likeness (QED) is 0.228. The summed E-state index contributed by atoms with van der Waals surface area (Å²) in [7, 11) is 4.00. The third kappa shape index (κ3) is 6.99. The normalized spacial score (nSPS) is 21.8. The number of nitrogens with zero attached hydrogens (tertiary/aromatic N) is 3. The number of ether oxygens (including phenoxy) is 2. The highest BCUT2D eigenvalue weighted by Gasteiger charge is 2.41. The molecule has 1 fully saturated rings. The van der Waals surface area contributed by atoms with Gasteiger partial charge in [-0.05, 0) is 114 Å². The van der Waals surface area contributed by atoms with Gasteiger partial charge in [0, 0.05) is 37.5 Å². The van der Waals surface area contributed by atoms with Crippen LogP contribution in [-0.4, -0.2) is 64.9 Å². The SMILES string of the molecule is CCCB(OC(C)(C)C(C)(C)C)c1ccc2c(c1)cc1n2C(C)Oc2cc(C3=CN(C)C(CC4CCC4N(C)C(=O)OC(C)(C)C)N3)ccc2-1. The van der Waals surface area contributed by atoms with Crippen molar-refractivity contribution in [2.45, 2.75) is 131 Å². The van der Waals surface area contributed by atoms with Crippen LogP contribution in [0.15, 0.2) is 48.7 Å². The molecule has 270 valence electrons. The van der Waals surface area contributed by atoms with Crippen LogP contribution in [0.5, 0.6) is 5.75 Å². The fraction of sp³-hybridized carbons (Fsp3) is 0.585. The van der Waals surface area contributed by atoms with Crippen LogP contribution in [0.4, 0.5) is 4.79 Å². The number of benzene rings is 2. The first-order chi connectivity index (χ1) is 23.4. The summed E-state index contributed by atoms with van der Waals surface area (Å²) >= 11 is 0. The van der Waals surface area contributed by atoms with Gasteiger partial charge in [-0.2, -0.15) is 0 Å². The first-order valence-electron chi connectivity index (χ1n) is 18.7. The predicted octanol–water partition coefficient (Wildman–Crippen LogP) is 8.86. The molecule has 1 saturated carbocycles. The van der Waals surface area contributed by atoms with Crippen molar-refractivity contribution in [2.75, 3.05) is 14.1 Å². The molecule has 6 rings (SSSR count). The molecule has 3 heterocycles. The second-order valence-electron chi connectivity index (χ2n) is 17.4. The number of hydrogen-bond acceptors (Lipinski definition) is 6. The number of fused-ring (bicyclic) bond motifs is 5. The summed E-state index contributed by atoms with van der Waals surface area (Å²) in [5.74, 6) is 1.32. The van der Waals surface area contributed by atoms with Gasteiger partial charge in [-0.1, -0.05) is 52.3 Å². The average molecular weight is 683 g/mol. The van der Waals surface area contributed by atoms with Gasteiger partial charge in [0.1, 0.15) is 11.4 Å². The molecule has 1 aromatic heterocycles. The summed E-state index contributed by atoms with van der Waals surface area (Å²) in [5.41, 5.74) is 6.13. The summed E-state index contributed by atoms with van der Waals surface area (Å²) in [5, 5.41) is 4.98. The maximum atomic E-state index is 12.7. The molecule has 4 atom stereocenters. The fourth-order valence-electron chi connectivity index (χ4n) is 7.47. The Balaban J connectivity index is 1.19. The highest BCUT2D eigenvalue weighted by atomic mass is 16.6. The summed E-state index contributed by atoms with van der Waals surface area (Å²) in [6.07, 6.45) is 7.09. The Kier molecular flexibility index (Phi) is 9.55. The molecule has 50 heavy (non-hydrogen) atoms. The van der Waals surface area contributed by atoms with E-state index in [4.69, 9.17) is 14.1 Å². The van der Waals surface area contributed by atoms with Crippen LogP contribution in [0.3, 0.4) is 0 Å². The van der Waals surface area contributed by atoms with Crippen molar-refractivity contribution in [2.24, 2.45) is 11.3 Å². The number of nitrogens with one attached hydrogen (secondary N) is 1. The van der Waals surface area contributed by atoms with Crippen LogP contribution < -0.4 is 15.5 Å². The lowest BCUT2D eigenvalue weighted by atomic mass is 9.56. The minimum Gasteiger partial charge on any atom is -0.470 e. The molecule has 1 aliphatic carbocycles. The molecule has 4 unspecified atom stereocenters. The van der Waals surface area contributed by atoms with E-state index >= 15 is 0 Å². The molecule has 1 amide bonds. The van der Waals surface area contributed by atoms with E-state index in [0.717, 1.165) is 54.6 Å². The first-order valence-corrected chi connectivity index (χ1v) is 18.7. The molecule has 3 aliphatic rings. The van der Waals surface area contributed by atoms with Crippen LogP contribution in [0, 0.1) is 11.3 Å². The van der Waals surface area contributed by atoms with E-state index < -0.39 is 5.60 Å². The molecule has 8 nitrogen and oxygen atoms in total. The Morgan fingerprint density at radius 3 is 2.42 bits per heavy atom. The maximum absolute atomic E-state index is 12.7. The van der Waals surface area contributed by atoms with Crippen molar-refractivity contribution in [1.82, 2.24) is 19.7 Å². The number of rotatable bonds is 9. The highest BCUT2D eigenvalue weighted by Crippen LogP contribution is 2.44. The summed E-state index contributed by atoms with van der Waals surface area (Å²) in [6, 6.07) is 15.9. The average Bonchev–Trinajstić information content (AvgIpc) is 3.57. The molecular formula is C41H59BN4O4. The van der Waals surface area contributed by atoms with Gasteiger partial charge in [-0.25, -0.2) is 4.79 Å². The first kappa shape index (κ1) is 36.2. The van der Waals surface area contributed by atoms with Crippen molar-refractivity contribution < 1.29 is 18.9 Å². The van der Waals surface area contributed by atoms with Crippen LogP contribution in [0.1, 0.15) is 107 Å². The summed E-state index contributed by atoms with van der Waals surface area (Å²) < 4.78 is 21.4. The standard InChI is InChI=1S/C41H59BN4O4/c1-13-20-42(50-41(9,10)39(3,4)5)30-16-19-34-29(21-30)22-35-31-17-14-27(23-36(31)48-26(2)46(34)35)32-25-44(11)37(43-32)24-28-15-18-33(28)45(12)38(47)49-40(6,7)8/h14,16-17,19,21-23,25-26,28,33,37,43H,13,15,18,20,24H2,1-12H3. The van der Waals surface area contributed by atoms with E-state index in [9.17, 15) is 4.79 Å². The monoisotopic (exact) mass is 682 g/mol. The number of hydrogen-bond donors (Lipinski definition) is 1. The fourth-order valence-corrected chi connectivity index (χ4v) is 7.47. The van der Waals surface area contributed by atoms with Gasteiger partial charge < -0.3 is 33.8 Å². The molecule has 2 aromatic carbocycles. The number of aromatic nitrogens is 1. The Morgan fingerprint density at radius 2 is 1.78 bits per heavy atom. The van der Waals surface area contributed by atoms with Gasteiger partial charge in [0.15, 0.2) is 6.23 Å². The Labute approximate surface area is 300 Å². The molecule has 0 radical (unpaired) electrons. The van der Waals surface area contributed by atoms with Crippen molar-refractivity contribution in [1.29, 1.82) is 0 Å². The van der Waals surface area contributed by atoms with Crippen LogP contribution >= 0.6 is 0 Å². The van der Waals surface area contributed by atoms with E-state index in [0.29, 0.717) is 5.92 Å². The zero-order valence-electron chi connectivity index (χ0n) is 32.5. The van der Waals surface area contributed by atoms with Crippen LogP contribution in [0.2, 0.25) is 6.32 Å². The largest absolute Gasteiger partial charge is 0.470 e. The minimum absolute atomic E-state index is 0.0218. The Morgan fingerprint density at radius 1 is 1.04 bits per heavy atom. The van der Waals surface area contributed by atoms with E-state index in [1.807, 2.05) is 27.8 Å². The topological polar surface area (TPSA) is 68.2 Å². The Bertz CT molecular complexity index is 1770. The van der Waals surface area contributed by atoms with Crippen LogP contribution in [0.25, 0.3) is 27.9 Å². The van der Waals surface area contributed by atoms with Gasteiger partial charge >= 0.3 is 13.0 Å². The van der Waals surface area contributed by atoms with Gasteiger partial charge in [-0.3, -0.25) is 0 Å². The molecule has 9 heteroatoms. The maximum Gasteiger partial charge on any atom is 0.410 e. The second kappa shape index (κ2) is 13.2. The lowest BCUT2D eigenvalue weighted by Gasteiger charge is -2.44. The van der Waals surface area contributed by atoms with E-state index in [-0.39, 0.29) is 42.5 Å². The lowest BCUT2D eigenvalue weighted by molar-refractivity contribution is -0.00250. The Hall–Kier alpha value is -3.59. The third-order valence-electron chi connectivity index (χ3n) is 11.5. The lowest BCUT2D eigenvalue weighted by Crippen LogP contribution is -2.51. The van der Waals surface area contributed by atoms with E-state index in [2.05, 4.69) is 119 Å². The molecule has 0 bridgehead atoms. The van der Waals surface area contributed by atoms with Crippen molar-refractivity contribution in [3.05, 3.63) is 54.2 Å². The van der Waals surface area contributed by atoms with E-state index in [1.54, 1.807) is 4.90 Å². The molecule has 1 N–H and O–H groups in total.